The van der Waals surface area contributed by atoms with Crippen LogP contribution in [0.1, 0.15) is 31.2 Å². The van der Waals surface area contributed by atoms with Crippen LogP contribution in [0.5, 0.6) is 0 Å². The quantitative estimate of drug-likeness (QED) is 0.770. The minimum Gasteiger partial charge on any atom is -0.308 e. The summed E-state index contributed by atoms with van der Waals surface area (Å²) in [5.74, 6) is 0.708. The van der Waals surface area contributed by atoms with Gasteiger partial charge in [0.25, 0.3) is 5.56 Å². The highest BCUT2D eigenvalue weighted by molar-refractivity contribution is 7.25. The lowest BCUT2D eigenvalue weighted by molar-refractivity contribution is 0.390. The smallest absolute Gasteiger partial charge is 0.268 e. The van der Waals surface area contributed by atoms with Gasteiger partial charge in [-0.05, 0) is 38.2 Å². The molecule has 0 aliphatic rings. The zero-order valence-corrected chi connectivity index (χ0v) is 14.5. The first-order valence-electron chi connectivity index (χ1n) is 7.85. The van der Waals surface area contributed by atoms with E-state index in [9.17, 15) is 4.79 Å². The minimum atomic E-state index is -0.0453. The fraction of sp³-hybridized carbons (Fsp3) is 0.333. The van der Waals surface area contributed by atoms with E-state index in [0.717, 1.165) is 34.0 Å². The summed E-state index contributed by atoms with van der Waals surface area (Å²) in [7, 11) is 3.93. The lowest BCUT2D eigenvalue weighted by Crippen LogP contribution is -2.17. The molecule has 3 rings (SSSR count). The molecule has 23 heavy (non-hydrogen) atoms. The Morgan fingerprint density at radius 1 is 1.35 bits per heavy atom. The van der Waals surface area contributed by atoms with E-state index in [4.69, 9.17) is 4.98 Å². The topological polar surface area (TPSA) is 49.0 Å². The Bertz CT molecular complexity index is 921. The second-order valence-corrected chi connectivity index (χ2v) is 7.03. The van der Waals surface area contributed by atoms with Crippen molar-refractivity contribution in [1.82, 2.24) is 14.9 Å². The predicted molar refractivity (Wildman–Crippen MR) is 99.1 cm³/mol. The average Bonchev–Trinajstić information content (AvgIpc) is 2.86. The molecule has 4 nitrogen and oxygen atoms in total. The summed E-state index contributed by atoms with van der Waals surface area (Å²) in [6.45, 7) is 2.79. The molecule has 3 aromatic rings. The van der Waals surface area contributed by atoms with Crippen LogP contribution < -0.4 is 5.56 Å². The molecule has 0 amide bonds. The molecule has 5 heteroatoms. The predicted octanol–water partition coefficient (Wildman–Crippen LogP) is 4.01. The molecule has 0 aliphatic carbocycles. The van der Waals surface area contributed by atoms with Gasteiger partial charge in [-0.25, -0.2) is 4.98 Å². The van der Waals surface area contributed by atoms with E-state index in [1.165, 1.54) is 11.3 Å². The first-order chi connectivity index (χ1) is 11.1. The van der Waals surface area contributed by atoms with Crippen molar-refractivity contribution in [2.75, 3.05) is 14.1 Å². The van der Waals surface area contributed by atoms with Crippen molar-refractivity contribution in [3.05, 3.63) is 46.0 Å². The molecule has 0 aliphatic heterocycles. The maximum Gasteiger partial charge on any atom is 0.268 e. The molecule has 2 heterocycles. The summed E-state index contributed by atoms with van der Waals surface area (Å²) in [6.07, 6.45) is 6.55. The van der Waals surface area contributed by atoms with Crippen LogP contribution in [-0.2, 0) is 6.54 Å². The third kappa shape index (κ3) is 3.35. The fourth-order valence-corrected chi connectivity index (χ4v) is 3.60. The summed E-state index contributed by atoms with van der Waals surface area (Å²) in [6, 6.07) is 6.31. The molecule has 0 fully saturated rings. The molecule has 1 aromatic carbocycles. The number of nitrogens with one attached hydrogen (secondary N) is 1. The Kier molecular flexibility index (Phi) is 4.59. The second kappa shape index (κ2) is 6.64. The number of H-pyrrole nitrogens is 1. The van der Waals surface area contributed by atoms with Crippen LogP contribution in [0.15, 0.2) is 29.1 Å². The lowest BCUT2D eigenvalue weighted by Gasteiger charge is -2.08. The van der Waals surface area contributed by atoms with Crippen LogP contribution in [0.2, 0.25) is 0 Å². The monoisotopic (exact) mass is 327 g/mol. The standard InChI is InChI=1S/C18H21N3OS/c1-4-5-6-7-12-8-9-14-13(10-12)16-17(23-14)18(22)20-15(19-16)11-21(2)3/h6-10H,4-5,11H2,1-3H3,(H,19,20,22)/b7-6+. The van der Waals surface area contributed by atoms with Gasteiger partial charge in [0, 0.05) is 10.1 Å². The van der Waals surface area contributed by atoms with E-state index < -0.39 is 0 Å². The van der Waals surface area contributed by atoms with E-state index in [1.807, 2.05) is 19.0 Å². The molecule has 2 aromatic heterocycles. The zero-order valence-electron chi connectivity index (χ0n) is 13.7. The van der Waals surface area contributed by atoms with Crippen LogP contribution in [0.4, 0.5) is 0 Å². The highest BCUT2D eigenvalue weighted by Gasteiger charge is 2.12. The van der Waals surface area contributed by atoms with E-state index in [1.54, 1.807) is 0 Å². The Labute approximate surface area is 139 Å². The van der Waals surface area contributed by atoms with Crippen molar-refractivity contribution in [3.63, 3.8) is 0 Å². The van der Waals surface area contributed by atoms with Crippen molar-refractivity contribution < 1.29 is 0 Å². The largest absolute Gasteiger partial charge is 0.308 e. The van der Waals surface area contributed by atoms with Gasteiger partial charge in [-0.15, -0.1) is 11.3 Å². The molecule has 0 atom stereocenters. The van der Waals surface area contributed by atoms with Gasteiger partial charge in [-0.1, -0.05) is 31.6 Å². The second-order valence-electron chi connectivity index (χ2n) is 5.98. The first kappa shape index (κ1) is 15.9. The highest BCUT2D eigenvalue weighted by atomic mass is 32.1. The van der Waals surface area contributed by atoms with E-state index in [2.05, 4.69) is 42.3 Å². The lowest BCUT2D eigenvalue weighted by atomic mass is 10.1. The summed E-state index contributed by atoms with van der Waals surface area (Å²) in [4.78, 5) is 21.9. The summed E-state index contributed by atoms with van der Waals surface area (Å²) >= 11 is 1.51. The SMILES string of the molecule is CCC/C=C/c1ccc2sc3c(=O)[nH]c(CN(C)C)nc3c2c1. The Morgan fingerprint density at radius 3 is 2.91 bits per heavy atom. The van der Waals surface area contributed by atoms with Gasteiger partial charge in [0.1, 0.15) is 10.5 Å². The number of benzene rings is 1. The van der Waals surface area contributed by atoms with Gasteiger partial charge >= 0.3 is 0 Å². The number of allylic oxidation sites excluding steroid dienone is 1. The van der Waals surface area contributed by atoms with Gasteiger partial charge in [0.2, 0.25) is 0 Å². The molecule has 0 bridgehead atoms. The molecule has 0 unspecified atom stereocenters. The van der Waals surface area contributed by atoms with Gasteiger partial charge in [0.05, 0.1) is 12.1 Å². The zero-order chi connectivity index (χ0) is 16.4. The number of thiophene rings is 1. The maximum atomic E-state index is 12.3. The number of nitrogens with zero attached hydrogens (tertiary/aromatic N) is 2. The van der Waals surface area contributed by atoms with E-state index in [0.29, 0.717) is 17.1 Å². The molecular weight excluding hydrogens is 306 g/mol. The average molecular weight is 327 g/mol. The third-order valence-corrected chi connectivity index (χ3v) is 4.79. The molecular formula is C18H21N3OS. The Morgan fingerprint density at radius 2 is 2.17 bits per heavy atom. The van der Waals surface area contributed by atoms with E-state index >= 15 is 0 Å². The number of rotatable bonds is 5. The van der Waals surface area contributed by atoms with Gasteiger partial charge in [-0.2, -0.15) is 0 Å². The molecule has 120 valence electrons. The number of hydrogen-bond acceptors (Lipinski definition) is 4. The molecule has 1 N–H and O–H groups in total. The maximum absolute atomic E-state index is 12.3. The normalized spacial score (nSPS) is 12.2. The summed E-state index contributed by atoms with van der Waals surface area (Å²) in [5, 5.41) is 1.06. The van der Waals surface area contributed by atoms with Crippen LogP contribution >= 0.6 is 11.3 Å². The number of unbranched alkanes of at least 4 members (excludes halogenated alkanes) is 1. The molecule has 0 saturated carbocycles. The molecule has 0 saturated heterocycles. The van der Waals surface area contributed by atoms with Crippen LogP contribution in [0.3, 0.4) is 0 Å². The van der Waals surface area contributed by atoms with Gasteiger partial charge in [0.15, 0.2) is 0 Å². The van der Waals surface area contributed by atoms with Gasteiger partial charge < -0.3 is 9.88 Å². The van der Waals surface area contributed by atoms with Crippen molar-refractivity contribution in [2.24, 2.45) is 0 Å². The molecule has 0 radical (unpaired) electrons. The van der Waals surface area contributed by atoms with Crippen LogP contribution in [0, 0.1) is 0 Å². The van der Waals surface area contributed by atoms with Crippen LogP contribution in [0.25, 0.3) is 26.4 Å². The highest BCUT2D eigenvalue weighted by Crippen LogP contribution is 2.31. The van der Waals surface area contributed by atoms with Gasteiger partial charge in [-0.3, -0.25) is 4.79 Å². The Hall–Kier alpha value is -1.98. The first-order valence-corrected chi connectivity index (χ1v) is 8.67. The number of fused-ring (bicyclic) bond motifs is 3. The fourth-order valence-electron chi connectivity index (χ4n) is 2.58. The van der Waals surface area contributed by atoms with Crippen molar-refractivity contribution >= 4 is 37.7 Å². The number of aromatic amines is 1. The summed E-state index contributed by atoms with van der Waals surface area (Å²) in [5.41, 5.74) is 1.93. The summed E-state index contributed by atoms with van der Waals surface area (Å²) < 4.78 is 1.81. The minimum absolute atomic E-state index is 0.0453. The number of hydrogen-bond donors (Lipinski definition) is 1. The Balaban J connectivity index is 2.15. The van der Waals surface area contributed by atoms with Crippen molar-refractivity contribution in [1.29, 1.82) is 0 Å². The van der Waals surface area contributed by atoms with E-state index in [-0.39, 0.29) is 5.56 Å². The third-order valence-electron chi connectivity index (χ3n) is 3.63. The number of aromatic nitrogens is 2. The van der Waals surface area contributed by atoms with Crippen molar-refractivity contribution in [3.8, 4) is 0 Å². The van der Waals surface area contributed by atoms with Crippen LogP contribution in [-0.4, -0.2) is 29.0 Å². The van der Waals surface area contributed by atoms with Crippen molar-refractivity contribution in [2.45, 2.75) is 26.3 Å². The molecule has 0 spiro atoms.